The second kappa shape index (κ2) is 5.65. The zero-order valence-electron chi connectivity index (χ0n) is 10.4. The molecule has 0 aromatic heterocycles. The average molecular weight is 272 g/mol. The first-order chi connectivity index (χ1) is 8.40. The first kappa shape index (κ1) is 14.9. The quantitative estimate of drug-likeness (QED) is 0.614. The number of benzene rings is 1. The van der Waals surface area contributed by atoms with Gasteiger partial charge in [0.25, 0.3) is 0 Å². The Labute approximate surface area is 106 Å². The summed E-state index contributed by atoms with van der Waals surface area (Å²) in [5.41, 5.74) is 0.275. The highest BCUT2D eigenvalue weighted by Gasteiger charge is 2.46. The van der Waals surface area contributed by atoms with Crippen molar-refractivity contribution in [1.82, 2.24) is 0 Å². The van der Waals surface area contributed by atoms with Crippen molar-refractivity contribution >= 4 is 13.9 Å². The Morgan fingerprint density at radius 1 is 1.28 bits per heavy atom. The van der Waals surface area contributed by atoms with Crippen molar-refractivity contribution in [2.24, 2.45) is 0 Å². The van der Waals surface area contributed by atoms with Crippen LogP contribution in [0.1, 0.15) is 37.0 Å². The summed E-state index contributed by atoms with van der Waals surface area (Å²) in [4.78, 5) is 29.8. The number of carbonyl (C=O) groups is 1. The summed E-state index contributed by atoms with van der Waals surface area (Å²) in [5, 5.41) is -1.58. The Hall–Kier alpha value is -1.16. The minimum Gasteiger partial charge on any atom is -0.474 e. The van der Waals surface area contributed by atoms with Gasteiger partial charge in [-0.15, -0.1) is 0 Å². The minimum absolute atomic E-state index is 0.154. The Balaban J connectivity index is 3.20. The fourth-order valence-corrected chi connectivity index (χ4v) is 2.78. The van der Waals surface area contributed by atoms with Crippen molar-refractivity contribution in [2.75, 3.05) is 0 Å². The van der Waals surface area contributed by atoms with E-state index in [9.17, 15) is 19.1 Å². The summed E-state index contributed by atoms with van der Waals surface area (Å²) in [7, 11) is -4.44. The lowest BCUT2D eigenvalue weighted by molar-refractivity contribution is 0.102. The maximum atomic E-state index is 11.6. The predicted molar refractivity (Wildman–Crippen MR) is 67.8 cm³/mol. The van der Waals surface area contributed by atoms with E-state index in [0.29, 0.717) is 6.29 Å². The van der Waals surface area contributed by atoms with Crippen LogP contribution in [-0.2, 0) is 4.57 Å². The van der Waals surface area contributed by atoms with Gasteiger partial charge in [0, 0.05) is 0 Å². The van der Waals surface area contributed by atoms with Gasteiger partial charge in [-0.25, -0.2) is 0 Å². The van der Waals surface area contributed by atoms with Crippen LogP contribution in [0.25, 0.3) is 0 Å². The molecule has 0 aliphatic carbocycles. The van der Waals surface area contributed by atoms with E-state index >= 15 is 0 Å². The normalized spacial score (nSPS) is 12.2. The molecule has 0 fully saturated rings. The number of hydrogen-bond donors (Lipinski definition) is 2. The van der Waals surface area contributed by atoms with Crippen LogP contribution in [0.4, 0.5) is 0 Å². The zero-order valence-corrected chi connectivity index (χ0v) is 11.3. The van der Waals surface area contributed by atoms with Gasteiger partial charge in [0.05, 0.1) is 5.56 Å². The van der Waals surface area contributed by atoms with Gasteiger partial charge in [0.15, 0.2) is 6.29 Å². The summed E-state index contributed by atoms with van der Waals surface area (Å²) < 4.78 is 17.1. The van der Waals surface area contributed by atoms with Gasteiger partial charge in [-0.05, 0) is 25.0 Å². The maximum Gasteiger partial charge on any atom is 0.368 e. The highest BCUT2D eigenvalue weighted by molar-refractivity contribution is 7.53. The number of aldehydes is 1. The van der Waals surface area contributed by atoms with Crippen LogP contribution in [0.5, 0.6) is 5.75 Å². The molecule has 0 saturated carbocycles. The first-order valence-corrected chi connectivity index (χ1v) is 7.30. The van der Waals surface area contributed by atoms with Crippen LogP contribution >= 0.6 is 7.60 Å². The van der Waals surface area contributed by atoms with Gasteiger partial charge in [-0.2, -0.15) is 0 Å². The van der Waals surface area contributed by atoms with Crippen LogP contribution in [0.2, 0.25) is 0 Å². The fraction of sp³-hybridized carbons (Fsp3) is 0.417. The van der Waals surface area contributed by atoms with Crippen molar-refractivity contribution in [3.8, 4) is 5.75 Å². The summed E-state index contributed by atoms with van der Waals surface area (Å²) in [6.45, 7) is 3.29. The van der Waals surface area contributed by atoms with Gasteiger partial charge in [-0.3, -0.25) is 9.36 Å². The van der Waals surface area contributed by atoms with E-state index in [2.05, 4.69) is 0 Å². The Morgan fingerprint density at radius 3 is 2.28 bits per heavy atom. The molecule has 0 aliphatic heterocycles. The highest BCUT2D eigenvalue weighted by atomic mass is 31.2. The second-order valence-corrected chi connectivity index (χ2v) is 5.86. The van der Waals surface area contributed by atoms with Crippen molar-refractivity contribution in [1.29, 1.82) is 0 Å². The maximum absolute atomic E-state index is 11.6. The van der Waals surface area contributed by atoms with Gasteiger partial charge >= 0.3 is 7.60 Å². The van der Waals surface area contributed by atoms with Crippen LogP contribution in [0.15, 0.2) is 24.3 Å². The molecule has 0 atom stereocenters. The van der Waals surface area contributed by atoms with Crippen molar-refractivity contribution in [3.63, 3.8) is 0 Å². The van der Waals surface area contributed by atoms with E-state index in [1.54, 1.807) is 26.0 Å². The molecule has 5 nitrogen and oxygen atoms in total. The number of carbonyl (C=O) groups excluding carboxylic acids is 1. The van der Waals surface area contributed by atoms with Crippen molar-refractivity contribution in [2.45, 2.75) is 32.0 Å². The number of para-hydroxylation sites is 1. The van der Waals surface area contributed by atoms with E-state index in [4.69, 9.17) is 4.74 Å². The van der Waals surface area contributed by atoms with Gasteiger partial charge in [-0.1, -0.05) is 26.0 Å². The molecule has 100 valence electrons. The molecule has 2 N–H and O–H groups in total. The third-order valence-corrected chi connectivity index (χ3v) is 4.77. The number of rotatable bonds is 6. The topological polar surface area (TPSA) is 83.8 Å². The molecule has 0 unspecified atom stereocenters. The molecule has 0 bridgehead atoms. The first-order valence-electron chi connectivity index (χ1n) is 5.69. The van der Waals surface area contributed by atoms with Gasteiger partial charge in [0.1, 0.15) is 5.75 Å². The Morgan fingerprint density at radius 2 is 1.83 bits per heavy atom. The van der Waals surface area contributed by atoms with E-state index in [0.717, 1.165) is 0 Å². The Bertz CT molecular complexity index is 461. The average Bonchev–Trinajstić information content (AvgIpc) is 2.35. The van der Waals surface area contributed by atoms with E-state index in [1.807, 2.05) is 0 Å². The molecule has 0 spiro atoms. The van der Waals surface area contributed by atoms with Crippen LogP contribution in [0, 0.1) is 0 Å². The molecule has 0 amide bonds. The Kier molecular flexibility index (Phi) is 4.68. The monoisotopic (exact) mass is 272 g/mol. The third kappa shape index (κ3) is 2.80. The molecule has 0 radical (unpaired) electrons. The lowest BCUT2D eigenvalue weighted by Crippen LogP contribution is -2.34. The minimum atomic E-state index is -4.44. The molecule has 1 rings (SSSR count). The lowest BCUT2D eigenvalue weighted by atomic mass is 10.2. The molecule has 0 aliphatic rings. The fourth-order valence-electron chi connectivity index (χ4n) is 1.74. The predicted octanol–water partition coefficient (Wildman–Crippen LogP) is 2.57. The highest BCUT2D eigenvalue weighted by Crippen LogP contribution is 2.55. The van der Waals surface area contributed by atoms with Gasteiger partial charge < -0.3 is 14.5 Å². The summed E-state index contributed by atoms with van der Waals surface area (Å²) in [5.74, 6) is 0.194. The van der Waals surface area contributed by atoms with Crippen molar-refractivity contribution in [3.05, 3.63) is 29.8 Å². The lowest BCUT2D eigenvalue weighted by Gasteiger charge is -2.33. The third-order valence-electron chi connectivity index (χ3n) is 2.98. The molecule has 18 heavy (non-hydrogen) atoms. The smallest absolute Gasteiger partial charge is 0.368 e. The summed E-state index contributed by atoms with van der Waals surface area (Å²) in [6.07, 6.45) is 0.910. The number of hydrogen-bond acceptors (Lipinski definition) is 3. The molecular weight excluding hydrogens is 255 g/mol. The summed E-state index contributed by atoms with van der Waals surface area (Å²) >= 11 is 0. The molecule has 0 heterocycles. The standard InChI is InChI=1S/C12H17O5P/c1-3-12(4-2,18(14,15)16)17-11-8-6-5-7-10(11)9-13/h5-9H,3-4H2,1-2H3,(H2,14,15,16). The van der Waals surface area contributed by atoms with Gasteiger partial charge in [0.2, 0.25) is 5.34 Å². The molecule has 0 saturated heterocycles. The molecule has 1 aromatic carbocycles. The van der Waals surface area contributed by atoms with E-state index in [-0.39, 0.29) is 24.2 Å². The molecule has 6 heteroatoms. The SMILES string of the molecule is CCC(CC)(Oc1ccccc1C=O)P(=O)(O)O. The summed E-state index contributed by atoms with van der Waals surface area (Å²) in [6, 6.07) is 6.38. The number of ether oxygens (including phenoxy) is 1. The van der Waals surface area contributed by atoms with Crippen LogP contribution < -0.4 is 4.74 Å². The zero-order chi connectivity index (χ0) is 13.8. The van der Waals surface area contributed by atoms with E-state index in [1.165, 1.54) is 12.1 Å². The van der Waals surface area contributed by atoms with E-state index < -0.39 is 12.9 Å². The van der Waals surface area contributed by atoms with Crippen LogP contribution in [-0.4, -0.2) is 21.4 Å². The largest absolute Gasteiger partial charge is 0.474 e. The molecule has 1 aromatic rings. The van der Waals surface area contributed by atoms with Crippen molar-refractivity contribution < 1.29 is 23.9 Å². The second-order valence-electron chi connectivity index (χ2n) is 3.96. The molecular formula is C12H17O5P. The van der Waals surface area contributed by atoms with Crippen LogP contribution in [0.3, 0.4) is 0 Å².